The van der Waals surface area contributed by atoms with Crippen LogP contribution in [0.3, 0.4) is 0 Å². The highest BCUT2D eigenvalue weighted by Gasteiger charge is 2.34. The van der Waals surface area contributed by atoms with Gasteiger partial charge in [0.05, 0.1) is 0 Å². The van der Waals surface area contributed by atoms with Gasteiger partial charge in [-0.25, -0.2) is 0 Å². The van der Waals surface area contributed by atoms with Crippen LogP contribution in [-0.2, 0) is 4.79 Å². The minimum atomic E-state index is -1.09. The van der Waals surface area contributed by atoms with Crippen molar-refractivity contribution in [2.75, 3.05) is 26.2 Å². The molecule has 110 valence electrons. The zero-order valence-corrected chi connectivity index (χ0v) is 12.0. The average Bonchev–Trinajstić information content (AvgIpc) is 2.84. The molecule has 19 heavy (non-hydrogen) atoms. The van der Waals surface area contributed by atoms with Crippen LogP contribution in [0.4, 0.5) is 0 Å². The average molecular weight is 270 g/mol. The SMILES string of the molecule is BCCCC[C@@](N)(CCN1CCC(CO)C1)C(=O)O. The summed E-state index contributed by atoms with van der Waals surface area (Å²) >= 11 is 0. The molecule has 1 heterocycles. The van der Waals surface area contributed by atoms with Crippen molar-refractivity contribution in [3.05, 3.63) is 0 Å². The Kier molecular flexibility index (Phi) is 6.82. The molecule has 0 saturated carbocycles. The number of carboxylic acid groups (broad SMARTS) is 1. The Morgan fingerprint density at radius 1 is 1.42 bits per heavy atom. The van der Waals surface area contributed by atoms with Gasteiger partial charge in [-0.3, -0.25) is 4.79 Å². The van der Waals surface area contributed by atoms with E-state index >= 15 is 0 Å². The summed E-state index contributed by atoms with van der Waals surface area (Å²) in [5.41, 5.74) is 4.96. The van der Waals surface area contributed by atoms with Crippen molar-refractivity contribution in [2.24, 2.45) is 11.7 Å². The fraction of sp³-hybridized carbons (Fsp3) is 0.923. The van der Waals surface area contributed by atoms with E-state index in [-0.39, 0.29) is 6.61 Å². The molecule has 1 unspecified atom stereocenters. The molecule has 0 aromatic carbocycles. The molecule has 0 radical (unpaired) electrons. The molecule has 1 aliphatic heterocycles. The van der Waals surface area contributed by atoms with Gasteiger partial charge < -0.3 is 20.8 Å². The number of hydrogen-bond donors (Lipinski definition) is 3. The van der Waals surface area contributed by atoms with Crippen LogP contribution < -0.4 is 5.73 Å². The van der Waals surface area contributed by atoms with Gasteiger partial charge in [0.25, 0.3) is 0 Å². The number of unbranched alkanes of at least 4 members (excludes halogenated alkanes) is 1. The van der Waals surface area contributed by atoms with E-state index < -0.39 is 11.5 Å². The maximum Gasteiger partial charge on any atom is 0.323 e. The Hall–Kier alpha value is -0.585. The number of rotatable bonds is 9. The lowest BCUT2D eigenvalue weighted by Gasteiger charge is -2.27. The van der Waals surface area contributed by atoms with Crippen molar-refractivity contribution in [2.45, 2.75) is 44.0 Å². The monoisotopic (exact) mass is 270 g/mol. The van der Waals surface area contributed by atoms with Gasteiger partial charge in [-0.1, -0.05) is 19.2 Å². The normalized spacial score (nSPS) is 23.4. The minimum Gasteiger partial charge on any atom is -0.480 e. The fourth-order valence-corrected chi connectivity index (χ4v) is 2.65. The summed E-state index contributed by atoms with van der Waals surface area (Å²) in [5.74, 6) is -0.543. The molecule has 6 heteroatoms. The minimum absolute atomic E-state index is 0.222. The smallest absolute Gasteiger partial charge is 0.323 e. The summed E-state index contributed by atoms with van der Waals surface area (Å²) in [6.07, 6.45) is 5.01. The number of hydrogen-bond acceptors (Lipinski definition) is 4. The van der Waals surface area contributed by atoms with Crippen molar-refractivity contribution in [3.63, 3.8) is 0 Å². The molecule has 1 rings (SSSR count). The van der Waals surface area contributed by atoms with Gasteiger partial charge in [0, 0.05) is 19.7 Å². The summed E-state index contributed by atoms with van der Waals surface area (Å²) in [4.78, 5) is 13.6. The molecule has 1 fully saturated rings. The van der Waals surface area contributed by atoms with E-state index in [2.05, 4.69) is 12.7 Å². The molecule has 0 aromatic rings. The summed E-state index contributed by atoms with van der Waals surface area (Å²) in [6.45, 7) is 2.74. The Morgan fingerprint density at radius 2 is 2.16 bits per heavy atom. The van der Waals surface area contributed by atoms with E-state index in [1.54, 1.807) is 0 Å². The summed E-state index contributed by atoms with van der Waals surface area (Å²) < 4.78 is 0. The number of aliphatic hydroxyl groups is 1. The van der Waals surface area contributed by atoms with E-state index in [0.29, 0.717) is 25.3 Å². The van der Waals surface area contributed by atoms with Crippen molar-refractivity contribution in [3.8, 4) is 0 Å². The van der Waals surface area contributed by atoms with Crippen LogP contribution >= 0.6 is 0 Å². The predicted molar refractivity (Wildman–Crippen MR) is 78.0 cm³/mol. The van der Waals surface area contributed by atoms with Gasteiger partial charge in [0.2, 0.25) is 0 Å². The van der Waals surface area contributed by atoms with Crippen molar-refractivity contribution in [1.82, 2.24) is 4.90 Å². The lowest BCUT2D eigenvalue weighted by Crippen LogP contribution is -2.50. The number of carboxylic acids is 1. The molecule has 0 aromatic heterocycles. The number of aliphatic hydroxyl groups excluding tert-OH is 1. The molecule has 0 amide bonds. The number of aliphatic carboxylic acids is 1. The summed E-state index contributed by atoms with van der Waals surface area (Å²) in [5, 5.41) is 18.4. The van der Waals surface area contributed by atoms with E-state index in [4.69, 9.17) is 10.8 Å². The molecule has 0 bridgehead atoms. The van der Waals surface area contributed by atoms with Gasteiger partial charge in [-0.15, -0.1) is 0 Å². The topological polar surface area (TPSA) is 86.8 Å². The van der Waals surface area contributed by atoms with E-state index in [1.807, 2.05) is 0 Å². The number of nitrogens with zero attached hydrogens (tertiary/aromatic N) is 1. The van der Waals surface area contributed by atoms with Gasteiger partial charge in [0.15, 0.2) is 0 Å². The van der Waals surface area contributed by atoms with Crippen LogP contribution in [0.1, 0.15) is 32.1 Å². The van der Waals surface area contributed by atoms with Gasteiger partial charge >= 0.3 is 5.97 Å². The molecule has 1 saturated heterocycles. The zero-order valence-electron chi connectivity index (χ0n) is 12.0. The molecule has 1 aliphatic rings. The maximum absolute atomic E-state index is 11.4. The van der Waals surface area contributed by atoms with Crippen molar-refractivity contribution >= 4 is 13.8 Å². The first-order valence-electron chi connectivity index (χ1n) is 7.37. The van der Waals surface area contributed by atoms with Gasteiger partial charge in [-0.05, 0) is 31.7 Å². The second-order valence-electron chi connectivity index (χ2n) is 5.81. The molecular formula is C13H27BN2O3. The third kappa shape index (κ3) is 5.13. The third-order valence-corrected chi connectivity index (χ3v) is 4.15. The lowest BCUT2D eigenvalue weighted by molar-refractivity contribution is -0.144. The predicted octanol–water partition coefficient (Wildman–Crippen LogP) is -0.305. The second-order valence-corrected chi connectivity index (χ2v) is 5.81. The Labute approximate surface area is 116 Å². The van der Waals surface area contributed by atoms with Crippen LogP contribution in [-0.4, -0.2) is 60.7 Å². The first kappa shape index (κ1) is 16.5. The third-order valence-electron chi connectivity index (χ3n) is 4.15. The molecule has 5 nitrogen and oxygen atoms in total. The number of likely N-dealkylation sites (tertiary alicyclic amines) is 1. The first-order chi connectivity index (χ1) is 9.01. The molecule has 2 atom stereocenters. The molecule has 0 spiro atoms. The van der Waals surface area contributed by atoms with E-state index in [0.717, 1.165) is 38.7 Å². The fourth-order valence-electron chi connectivity index (χ4n) is 2.65. The molecular weight excluding hydrogens is 243 g/mol. The van der Waals surface area contributed by atoms with Crippen LogP contribution in [0.2, 0.25) is 6.32 Å². The molecule has 4 N–H and O–H groups in total. The Balaban J connectivity index is 2.39. The summed E-state index contributed by atoms with van der Waals surface area (Å²) in [7, 11) is 2.10. The Morgan fingerprint density at radius 3 is 2.68 bits per heavy atom. The van der Waals surface area contributed by atoms with Gasteiger partial charge in [-0.2, -0.15) is 0 Å². The van der Waals surface area contributed by atoms with Crippen molar-refractivity contribution in [1.29, 1.82) is 0 Å². The van der Waals surface area contributed by atoms with Crippen LogP contribution in [0.25, 0.3) is 0 Å². The van der Waals surface area contributed by atoms with Crippen LogP contribution in [0.15, 0.2) is 0 Å². The van der Waals surface area contributed by atoms with Gasteiger partial charge in [0.1, 0.15) is 13.4 Å². The molecule has 0 aliphatic carbocycles. The zero-order chi connectivity index (χ0) is 14.3. The first-order valence-corrected chi connectivity index (χ1v) is 7.37. The summed E-state index contributed by atoms with van der Waals surface area (Å²) in [6, 6.07) is 0. The van der Waals surface area contributed by atoms with Crippen LogP contribution in [0, 0.1) is 5.92 Å². The quantitative estimate of drug-likeness (QED) is 0.395. The standard InChI is InChI=1S/C13H27BN2O3/c14-6-2-1-4-13(15,12(18)19)5-8-16-7-3-11(9-16)10-17/h11,17H,1-10,14-15H2,(H,18,19)/t11?,13-/m1/s1. The highest BCUT2D eigenvalue weighted by molar-refractivity contribution is 6.08. The second kappa shape index (κ2) is 7.87. The number of carbonyl (C=O) groups is 1. The van der Waals surface area contributed by atoms with Crippen molar-refractivity contribution < 1.29 is 15.0 Å². The van der Waals surface area contributed by atoms with E-state index in [9.17, 15) is 9.90 Å². The Bertz CT molecular complexity index is 291. The lowest BCUT2D eigenvalue weighted by atomic mass is 9.88. The maximum atomic E-state index is 11.4. The van der Waals surface area contributed by atoms with Crippen LogP contribution in [0.5, 0.6) is 0 Å². The highest BCUT2D eigenvalue weighted by Crippen LogP contribution is 2.21. The highest BCUT2D eigenvalue weighted by atomic mass is 16.4. The van der Waals surface area contributed by atoms with E-state index in [1.165, 1.54) is 0 Å². The largest absolute Gasteiger partial charge is 0.480 e. The number of nitrogens with two attached hydrogens (primary N) is 1.